The summed E-state index contributed by atoms with van der Waals surface area (Å²) in [6.45, 7) is 0.573. The van der Waals surface area contributed by atoms with Gasteiger partial charge in [-0.1, -0.05) is 0 Å². The predicted molar refractivity (Wildman–Crippen MR) is 83.0 cm³/mol. The van der Waals surface area contributed by atoms with Crippen LogP contribution in [0, 0.1) is 0 Å². The molecule has 3 rings (SSSR count). The second-order valence-electron chi connectivity index (χ2n) is 6.06. The molecule has 0 aromatic heterocycles. The van der Waals surface area contributed by atoms with E-state index in [9.17, 15) is 26.4 Å². The summed E-state index contributed by atoms with van der Waals surface area (Å²) in [6, 6.07) is 2.46. The van der Waals surface area contributed by atoms with Crippen LogP contribution in [0.3, 0.4) is 0 Å². The van der Waals surface area contributed by atoms with E-state index in [1.165, 1.54) is 7.11 Å². The van der Waals surface area contributed by atoms with Crippen molar-refractivity contribution in [2.45, 2.75) is 41.7 Å². The van der Waals surface area contributed by atoms with Crippen molar-refractivity contribution in [2.24, 2.45) is 0 Å². The van der Waals surface area contributed by atoms with Crippen molar-refractivity contribution in [1.29, 1.82) is 0 Å². The molecule has 1 N–H and O–H groups in total. The number of ether oxygens (including phenoxy) is 1. The van der Waals surface area contributed by atoms with E-state index in [-0.39, 0.29) is 23.4 Å². The first-order valence-corrected chi connectivity index (χ1v) is 9.20. The Morgan fingerprint density at radius 2 is 1.92 bits per heavy atom. The van der Waals surface area contributed by atoms with E-state index in [0.29, 0.717) is 13.0 Å². The molecule has 25 heavy (non-hydrogen) atoms. The molecule has 0 bridgehead atoms. The fourth-order valence-electron chi connectivity index (χ4n) is 2.87. The lowest BCUT2D eigenvalue weighted by atomic mass is 10.2. The number of methoxy groups -OCH3 is 1. The van der Waals surface area contributed by atoms with Crippen molar-refractivity contribution in [3.8, 4) is 5.75 Å². The Hall–Kier alpha value is -1.97. The average molecular weight is 378 g/mol. The second kappa shape index (κ2) is 6.08. The standard InChI is InChI=1S/C15H17F3N2O4S/c1-24-13-5-4-10(25(22,23)15(16,17)18)8-12(13)19-11-6-7-20(14(11)21)9-2-3-9/h4-5,8-9,11,19H,2-3,6-7H2,1H3/t11-/m0/s1. The normalized spacial score (nSPS) is 21.5. The number of alkyl halides is 3. The van der Waals surface area contributed by atoms with Crippen LogP contribution in [0.5, 0.6) is 5.75 Å². The van der Waals surface area contributed by atoms with Gasteiger partial charge in [-0.3, -0.25) is 4.79 Å². The van der Waals surface area contributed by atoms with Crippen molar-refractivity contribution in [2.75, 3.05) is 19.0 Å². The smallest absolute Gasteiger partial charge is 0.495 e. The molecule has 2 fully saturated rings. The maximum atomic E-state index is 12.7. The number of carbonyl (C=O) groups excluding carboxylic acids is 1. The molecule has 1 aromatic rings. The molecule has 1 amide bonds. The molecular weight excluding hydrogens is 361 g/mol. The Balaban J connectivity index is 1.88. The lowest BCUT2D eigenvalue weighted by Gasteiger charge is -2.19. The summed E-state index contributed by atoms with van der Waals surface area (Å²) in [7, 11) is -4.17. The molecule has 1 aliphatic heterocycles. The van der Waals surface area contributed by atoms with Gasteiger partial charge in [0.1, 0.15) is 11.8 Å². The Morgan fingerprint density at radius 3 is 2.48 bits per heavy atom. The molecule has 138 valence electrons. The molecule has 6 nitrogen and oxygen atoms in total. The maximum Gasteiger partial charge on any atom is 0.501 e. The lowest BCUT2D eigenvalue weighted by Crippen LogP contribution is -2.34. The number of nitrogens with zero attached hydrogens (tertiary/aromatic N) is 1. The Kier molecular flexibility index (Phi) is 4.34. The van der Waals surface area contributed by atoms with Gasteiger partial charge in [-0.25, -0.2) is 8.42 Å². The molecule has 0 radical (unpaired) electrons. The quantitative estimate of drug-likeness (QED) is 0.850. The van der Waals surface area contributed by atoms with Gasteiger partial charge in [-0.2, -0.15) is 13.2 Å². The van der Waals surface area contributed by atoms with Gasteiger partial charge >= 0.3 is 5.51 Å². The zero-order chi connectivity index (χ0) is 18.4. The van der Waals surface area contributed by atoms with Crippen LogP contribution in [-0.2, 0) is 14.6 Å². The van der Waals surface area contributed by atoms with E-state index in [0.717, 1.165) is 31.0 Å². The molecule has 2 aliphatic rings. The number of anilines is 1. The first-order valence-electron chi connectivity index (χ1n) is 7.71. The molecule has 1 heterocycles. The molecule has 1 atom stereocenters. The van der Waals surface area contributed by atoms with Gasteiger partial charge in [0, 0.05) is 12.6 Å². The largest absolute Gasteiger partial charge is 0.501 e. The van der Waals surface area contributed by atoms with Crippen LogP contribution >= 0.6 is 0 Å². The van der Waals surface area contributed by atoms with E-state index in [1.807, 2.05) is 0 Å². The van der Waals surface area contributed by atoms with Gasteiger partial charge < -0.3 is 15.0 Å². The highest BCUT2D eigenvalue weighted by Crippen LogP contribution is 2.36. The van der Waals surface area contributed by atoms with Gasteiger partial charge in [-0.05, 0) is 37.5 Å². The molecule has 1 saturated heterocycles. The van der Waals surface area contributed by atoms with Crippen LogP contribution in [0.1, 0.15) is 19.3 Å². The molecule has 1 aromatic carbocycles. The Bertz CT molecular complexity index is 790. The van der Waals surface area contributed by atoms with E-state index in [2.05, 4.69) is 5.32 Å². The summed E-state index contributed by atoms with van der Waals surface area (Å²) >= 11 is 0. The third-order valence-electron chi connectivity index (χ3n) is 4.34. The highest BCUT2D eigenvalue weighted by Gasteiger charge is 2.47. The third-order valence-corrected chi connectivity index (χ3v) is 5.83. The first-order chi connectivity index (χ1) is 11.6. The summed E-state index contributed by atoms with van der Waals surface area (Å²) in [5.74, 6) is 0.0347. The van der Waals surface area contributed by atoms with Gasteiger partial charge in [-0.15, -0.1) is 0 Å². The van der Waals surface area contributed by atoms with Crippen LogP contribution in [-0.4, -0.2) is 50.5 Å². The lowest BCUT2D eigenvalue weighted by molar-refractivity contribution is -0.128. The van der Waals surface area contributed by atoms with Gasteiger partial charge in [0.15, 0.2) is 0 Å². The van der Waals surface area contributed by atoms with Crippen molar-refractivity contribution in [3.63, 3.8) is 0 Å². The number of halogens is 3. The third kappa shape index (κ3) is 3.26. The van der Waals surface area contributed by atoms with E-state index in [1.54, 1.807) is 4.90 Å². The fourth-order valence-corrected chi connectivity index (χ4v) is 3.66. The molecule has 1 saturated carbocycles. The highest BCUT2D eigenvalue weighted by atomic mass is 32.2. The van der Waals surface area contributed by atoms with E-state index < -0.39 is 26.3 Å². The summed E-state index contributed by atoms with van der Waals surface area (Å²) in [6.07, 6.45) is 2.41. The minimum absolute atomic E-state index is 0.0452. The van der Waals surface area contributed by atoms with Crippen LogP contribution in [0.15, 0.2) is 23.1 Å². The van der Waals surface area contributed by atoms with Gasteiger partial charge in [0.05, 0.1) is 17.7 Å². The average Bonchev–Trinajstić information content (AvgIpc) is 3.32. The van der Waals surface area contributed by atoms with Crippen molar-refractivity contribution < 1.29 is 31.1 Å². The number of hydrogen-bond acceptors (Lipinski definition) is 5. The molecule has 1 aliphatic carbocycles. The highest BCUT2D eigenvalue weighted by molar-refractivity contribution is 7.92. The van der Waals surface area contributed by atoms with Crippen molar-refractivity contribution >= 4 is 21.4 Å². The minimum Gasteiger partial charge on any atom is -0.495 e. The van der Waals surface area contributed by atoms with Gasteiger partial charge in [0.2, 0.25) is 5.91 Å². The molecular formula is C15H17F3N2O4S. The number of nitrogens with one attached hydrogen (secondary N) is 1. The summed E-state index contributed by atoms with van der Waals surface area (Å²) in [5, 5.41) is 2.84. The van der Waals surface area contributed by atoms with Crippen LogP contribution in [0.4, 0.5) is 18.9 Å². The van der Waals surface area contributed by atoms with Crippen molar-refractivity contribution in [3.05, 3.63) is 18.2 Å². The first kappa shape index (κ1) is 17.8. The van der Waals surface area contributed by atoms with Gasteiger partial charge in [0.25, 0.3) is 9.84 Å². The second-order valence-corrected chi connectivity index (χ2v) is 8.00. The van der Waals surface area contributed by atoms with Crippen LogP contribution in [0.2, 0.25) is 0 Å². The molecule has 10 heteroatoms. The predicted octanol–water partition coefficient (Wildman–Crippen LogP) is 2.16. The number of amides is 1. The summed E-state index contributed by atoms with van der Waals surface area (Å²) in [4.78, 5) is 13.2. The number of hydrogen-bond donors (Lipinski definition) is 1. The number of carbonyl (C=O) groups is 1. The number of benzene rings is 1. The van der Waals surface area contributed by atoms with E-state index in [4.69, 9.17) is 4.74 Å². The van der Waals surface area contributed by atoms with E-state index >= 15 is 0 Å². The Labute approximate surface area is 142 Å². The van der Waals surface area contributed by atoms with Crippen LogP contribution < -0.4 is 10.1 Å². The topological polar surface area (TPSA) is 75.7 Å². The Morgan fingerprint density at radius 1 is 1.24 bits per heavy atom. The zero-order valence-electron chi connectivity index (χ0n) is 13.3. The SMILES string of the molecule is COc1ccc(S(=O)(=O)C(F)(F)F)cc1N[C@H]1CCN(C2CC2)C1=O. The fraction of sp³-hybridized carbons (Fsp3) is 0.533. The summed E-state index contributed by atoms with van der Waals surface area (Å²) in [5.41, 5.74) is -5.35. The summed E-state index contributed by atoms with van der Waals surface area (Å²) < 4.78 is 66.5. The van der Waals surface area contributed by atoms with Crippen LogP contribution in [0.25, 0.3) is 0 Å². The number of rotatable bonds is 5. The molecule has 0 spiro atoms. The van der Waals surface area contributed by atoms with Crippen molar-refractivity contribution in [1.82, 2.24) is 4.90 Å². The monoisotopic (exact) mass is 378 g/mol. The maximum absolute atomic E-state index is 12.7. The number of likely N-dealkylation sites (tertiary alicyclic amines) is 1. The zero-order valence-corrected chi connectivity index (χ0v) is 14.2. The number of sulfone groups is 1. The molecule has 0 unspecified atom stereocenters. The minimum atomic E-state index is -5.48.